The van der Waals surface area contributed by atoms with Crippen LogP contribution in [0.2, 0.25) is 0 Å². The average molecular weight is 260 g/mol. The number of nitrogens with zero attached hydrogens (tertiary/aromatic N) is 1. The highest BCUT2D eigenvalue weighted by Gasteiger charge is 2.41. The first-order valence-corrected chi connectivity index (χ1v) is 6.29. The maximum atomic E-state index is 12.2. The predicted octanol–water partition coefficient (Wildman–Crippen LogP) is 0.601. The summed E-state index contributed by atoms with van der Waals surface area (Å²) in [6.07, 6.45) is 2.92. The molecule has 6 nitrogen and oxygen atoms in total. The Morgan fingerprint density at radius 1 is 1.42 bits per heavy atom. The fourth-order valence-corrected chi connectivity index (χ4v) is 2.74. The number of aromatic amines is 1. The van der Waals surface area contributed by atoms with Crippen molar-refractivity contribution in [1.29, 1.82) is 0 Å². The van der Waals surface area contributed by atoms with Gasteiger partial charge in [-0.25, -0.2) is 10.8 Å². The summed E-state index contributed by atoms with van der Waals surface area (Å²) in [5, 5.41) is 0. The third-order valence-corrected chi connectivity index (χ3v) is 3.88. The van der Waals surface area contributed by atoms with Gasteiger partial charge < -0.3 is 9.72 Å². The highest BCUT2D eigenvalue weighted by atomic mass is 16.5. The van der Waals surface area contributed by atoms with Crippen molar-refractivity contribution >= 4 is 16.9 Å². The lowest BCUT2D eigenvalue weighted by Gasteiger charge is -2.35. The molecule has 0 aliphatic carbocycles. The first kappa shape index (κ1) is 12.1. The number of hydrogen-bond acceptors (Lipinski definition) is 4. The molecule has 19 heavy (non-hydrogen) atoms. The monoisotopic (exact) mass is 260 g/mol. The number of hydrogen-bond donors (Lipinski definition) is 3. The normalized spacial score (nSPS) is 18.4. The van der Waals surface area contributed by atoms with Crippen molar-refractivity contribution in [1.82, 2.24) is 15.4 Å². The molecule has 1 amide bonds. The lowest BCUT2D eigenvalue weighted by atomic mass is 9.73. The zero-order valence-electron chi connectivity index (χ0n) is 10.5. The first-order chi connectivity index (χ1) is 9.26. The van der Waals surface area contributed by atoms with Gasteiger partial charge in [0.2, 0.25) is 5.91 Å². The van der Waals surface area contributed by atoms with E-state index >= 15 is 0 Å². The summed E-state index contributed by atoms with van der Waals surface area (Å²) in [5.74, 6) is 5.20. The number of imidazole rings is 1. The topological polar surface area (TPSA) is 93.0 Å². The molecule has 1 aromatic carbocycles. The zero-order chi connectivity index (χ0) is 13.3. The van der Waals surface area contributed by atoms with E-state index in [0.717, 1.165) is 16.6 Å². The molecule has 0 radical (unpaired) electrons. The second-order valence-electron chi connectivity index (χ2n) is 4.80. The molecule has 4 N–H and O–H groups in total. The highest BCUT2D eigenvalue weighted by Crippen LogP contribution is 2.36. The minimum atomic E-state index is -0.605. The number of fused-ring (bicyclic) bond motifs is 1. The molecule has 3 rings (SSSR count). The van der Waals surface area contributed by atoms with Gasteiger partial charge in [-0.1, -0.05) is 6.07 Å². The van der Waals surface area contributed by atoms with E-state index in [2.05, 4.69) is 15.4 Å². The Hall–Kier alpha value is -1.92. The third-order valence-electron chi connectivity index (χ3n) is 3.88. The fourth-order valence-electron chi connectivity index (χ4n) is 2.74. The summed E-state index contributed by atoms with van der Waals surface area (Å²) < 4.78 is 5.37. The van der Waals surface area contributed by atoms with Crippen molar-refractivity contribution in [3.63, 3.8) is 0 Å². The minimum absolute atomic E-state index is 0.158. The third kappa shape index (κ3) is 1.89. The molecule has 0 spiro atoms. The SMILES string of the molecule is NNC(=O)C1(c2ccc3nc[nH]c3c2)CCOCC1. The minimum Gasteiger partial charge on any atom is -0.381 e. The van der Waals surface area contributed by atoms with Crippen molar-refractivity contribution in [3.05, 3.63) is 30.1 Å². The van der Waals surface area contributed by atoms with E-state index < -0.39 is 5.41 Å². The molecule has 1 aliphatic rings. The van der Waals surface area contributed by atoms with E-state index in [1.807, 2.05) is 18.2 Å². The van der Waals surface area contributed by atoms with E-state index in [9.17, 15) is 4.79 Å². The Morgan fingerprint density at radius 2 is 2.21 bits per heavy atom. The van der Waals surface area contributed by atoms with Crippen LogP contribution in [-0.2, 0) is 14.9 Å². The van der Waals surface area contributed by atoms with Gasteiger partial charge in [0.15, 0.2) is 0 Å². The molecule has 1 aliphatic heterocycles. The predicted molar refractivity (Wildman–Crippen MR) is 70.2 cm³/mol. The first-order valence-electron chi connectivity index (χ1n) is 6.29. The van der Waals surface area contributed by atoms with Crippen molar-refractivity contribution in [2.24, 2.45) is 5.84 Å². The van der Waals surface area contributed by atoms with Crippen LogP contribution in [0.25, 0.3) is 11.0 Å². The number of amides is 1. The van der Waals surface area contributed by atoms with Gasteiger partial charge in [0.1, 0.15) is 0 Å². The molecule has 100 valence electrons. The molecule has 0 unspecified atom stereocenters. The van der Waals surface area contributed by atoms with Gasteiger partial charge in [-0.2, -0.15) is 0 Å². The maximum Gasteiger partial charge on any atom is 0.244 e. The van der Waals surface area contributed by atoms with Crippen LogP contribution in [0.5, 0.6) is 0 Å². The molecule has 2 heterocycles. The quantitative estimate of drug-likeness (QED) is 0.419. The number of aromatic nitrogens is 2. The van der Waals surface area contributed by atoms with Crippen molar-refractivity contribution in [2.45, 2.75) is 18.3 Å². The zero-order valence-corrected chi connectivity index (χ0v) is 10.5. The molecule has 2 aromatic rings. The Balaban J connectivity index is 2.09. The van der Waals surface area contributed by atoms with Crippen LogP contribution in [0, 0.1) is 0 Å². The number of hydrazine groups is 1. The van der Waals surface area contributed by atoms with Gasteiger partial charge in [0.05, 0.1) is 22.8 Å². The summed E-state index contributed by atoms with van der Waals surface area (Å²) >= 11 is 0. The smallest absolute Gasteiger partial charge is 0.244 e. The summed E-state index contributed by atoms with van der Waals surface area (Å²) in [6, 6.07) is 5.84. The van der Waals surface area contributed by atoms with Crippen molar-refractivity contribution < 1.29 is 9.53 Å². The molecule has 6 heteroatoms. The second kappa shape index (κ2) is 4.64. The number of nitrogens with two attached hydrogens (primary N) is 1. The number of rotatable bonds is 2. The van der Waals surface area contributed by atoms with Gasteiger partial charge in [-0.3, -0.25) is 10.2 Å². The van der Waals surface area contributed by atoms with Crippen LogP contribution < -0.4 is 11.3 Å². The summed E-state index contributed by atoms with van der Waals surface area (Å²) in [6.45, 7) is 1.13. The molecule has 1 fully saturated rings. The van der Waals surface area contributed by atoms with Gasteiger partial charge in [-0.15, -0.1) is 0 Å². The van der Waals surface area contributed by atoms with Crippen LogP contribution in [0.3, 0.4) is 0 Å². The standard InChI is InChI=1S/C13H16N4O2/c14-17-12(18)13(3-5-19-6-4-13)9-1-2-10-11(7-9)16-8-15-10/h1-2,7-8H,3-6,14H2,(H,15,16)(H,17,18). The summed E-state index contributed by atoms with van der Waals surface area (Å²) in [7, 11) is 0. The lowest BCUT2D eigenvalue weighted by Crippen LogP contribution is -2.50. The van der Waals surface area contributed by atoms with Crippen LogP contribution in [-0.4, -0.2) is 29.1 Å². The second-order valence-corrected chi connectivity index (χ2v) is 4.80. The molecule has 1 aromatic heterocycles. The van der Waals surface area contributed by atoms with Gasteiger partial charge in [-0.05, 0) is 30.5 Å². The van der Waals surface area contributed by atoms with E-state index in [0.29, 0.717) is 26.1 Å². The van der Waals surface area contributed by atoms with E-state index in [-0.39, 0.29) is 5.91 Å². The van der Waals surface area contributed by atoms with E-state index in [4.69, 9.17) is 10.6 Å². The average Bonchev–Trinajstić information content (AvgIpc) is 2.94. The number of H-pyrrole nitrogens is 1. The Kier molecular flexibility index (Phi) is 2.96. The lowest BCUT2D eigenvalue weighted by molar-refractivity contribution is -0.130. The van der Waals surface area contributed by atoms with Crippen LogP contribution in [0.4, 0.5) is 0 Å². The summed E-state index contributed by atoms with van der Waals surface area (Å²) in [4.78, 5) is 19.5. The Bertz CT molecular complexity index is 601. The highest BCUT2D eigenvalue weighted by molar-refractivity contribution is 5.89. The van der Waals surface area contributed by atoms with Gasteiger partial charge >= 0.3 is 0 Å². The number of carbonyl (C=O) groups is 1. The maximum absolute atomic E-state index is 12.2. The van der Waals surface area contributed by atoms with Crippen molar-refractivity contribution in [3.8, 4) is 0 Å². The van der Waals surface area contributed by atoms with E-state index in [1.54, 1.807) is 6.33 Å². The number of carbonyl (C=O) groups excluding carboxylic acids is 1. The Morgan fingerprint density at radius 3 is 2.95 bits per heavy atom. The number of benzene rings is 1. The van der Waals surface area contributed by atoms with Crippen LogP contribution >= 0.6 is 0 Å². The Labute approximate surface area is 110 Å². The molecule has 0 bridgehead atoms. The van der Waals surface area contributed by atoms with Crippen LogP contribution in [0.15, 0.2) is 24.5 Å². The molecule has 0 atom stereocenters. The molecule has 1 saturated heterocycles. The molecular weight excluding hydrogens is 244 g/mol. The molecular formula is C13H16N4O2. The van der Waals surface area contributed by atoms with Crippen molar-refractivity contribution in [2.75, 3.05) is 13.2 Å². The van der Waals surface area contributed by atoms with Gasteiger partial charge in [0.25, 0.3) is 0 Å². The van der Waals surface area contributed by atoms with E-state index in [1.165, 1.54) is 0 Å². The molecule has 0 saturated carbocycles. The largest absolute Gasteiger partial charge is 0.381 e. The van der Waals surface area contributed by atoms with Gasteiger partial charge in [0, 0.05) is 13.2 Å². The van der Waals surface area contributed by atoms with Crippen LogP contribution in [0.1, 0.15) is 18.4 Å². The number of ether oxygens (including phenoxy) is 1. The fraction of sp³-hybridized carbons (Fsp3) is 0.385. The number of nitrogens with one attached hydrogen (secondary N) is 2. The summed E-state index contributed by atoms with van der Waals surface area (Å²) in [5.41, 5.74) is 4.46.